The highest BCUT2D eigenvalue weighted by Crippen LogP contribution is 2.34. The molecule has 1 N–H and O–H groups in total. The average Bonchev–Trinajstić information content (AvgIpc) is 2.56. The highest BCUT2D eigenvalue weighted by Gasteiger charge is 2.35. The maximum absolute atomic E-state index is 12.4. The van der Waals surface area contributed by atoms with Gasteiger partial charge in [0.2, 0.25) is 0 Å². The molecule has 24 heavy (non-hydrogen) atoms. The average molecular weight is 370 g/mol. The van der Waals surface area contributed by atoms with Crippen LogP contribution in [0, 0.1) is 0 Å². The standard InChI is InChI=1S/C17H20ClNO4S/c1-23-17(22)16(12-5-3-4-6-13(12)18)19-8-7-14(24-2)11(10-19)9-15(20)21/h3-6,9,14,16H,7-8,10H2,1-2H3,(H,20,21)/b11-9-/t14?,16-/m0/s1. The van der Waals surface area contributed by atoms with Crippen molar-refractivity contribution in [3.8, 4) is 0 Å². The molecule has 1 heterocycles. The number of nitrogens with zero attached hydrogens (tertiary/aromatic N) is 1. The zero-order valence-corrected chi connectivity index (χ0v) is 15.1. The first-order valence-corrected chi connectivity index (χ1v) is 9.17. The molecule has 1 saturated heterocycles. The van der Waals surface area contributed by atoms with Gasteiger partial charge in [0.05, 0.1) is 7.11 Å². The number of benzene rings is 1. The van der Waals surface area contributed by atoms with Gasteiger partial charge < -0.3 is 9.84 Å². The summed E-state index contributed by atoms with van der Waals surface area (Å²) in [6.45, 7) is 1.05. The Morgan fingerprint density at radius 2 is 2.17 bits per heavy atom. The monoisotopic (exact) mass is 369 g/mol. The number of esters is 1. The summed E-state index contributed by atoms with van der Waals surface area (Å²) >= 11 is 7.89. The lowest BCUT2D eigenvalue weighted by Crippen LogP contribution is -2.43. The first-order chi connectivity index (χ1) is 11.5. The molecule has 1 aliphatic heterocycles. The Kier molecular flexibility index (Phi) is 6.71. The molecule has 1 unspecified atom stereocenters. The predicted molar refractivity (Wildman–Crippen MR) is 95.4 cm³/mol. The second-order valence-electron chi connectivity index (χ2n) is 5.49. The maximum atomic E-state index is 12.4. The van der Waals surface area contributed by atoms with Crippen LogP contribution in [0.25, 0.3) is 0 Å². The summed E-state index contributed by atoms with van der Waals surface area (Å²) in [4.78, 5) is 25.4. The Morgan fingerprint density at radius 1 is 1.46 bits per heavy atom. The number of carboxylic acids is 1. The molecular weight excluding hydrogens is 350 g/mol. The number of carbonyl (C=O) groups excluding carboxylic acids is 1. The van der Waals surface area contributed by atoms with Crippen LogP contribution in [0.4, 0.5) is 0 Å². The van der Waals surface area contributed by atoms with Gasteiger partial charge in [0, 0.05) is 29.4 Å². The van der Waals surface area contributed by atoms with Crippen molar-refractivity contribution in [2.45, 2.75) is 17.7 Å². The van der Waals surface area contributed by atoms with E-state index in [0.29, 0.717) is 23.7 Å². The minimum absolute atomic E-state index is 0.141. The molecule has 0 spiro atoms. The molecule has 0 radical (unpaired) electrons. The molecule has 0 aromatic heterocycles. The molecule has 1 aromatic rings. The van der Waals surface area contributed by atoms with Crippen LogP contribution in [-0.2, 0) is 14.3 Å². The van der Waals surface area contributed by atoms with Crippen LogP contribution < -0.4 is 0 Å². The third-order valence-electron chi connectivity index (χ3n) is 4.06. The number of thioether (sulfide) groups is 1. The summed E-state index contributed by atoms with van der Waals surface area (Å²) < 4.78 is 4.96. The summed E-state index contributed by atoms with van der Waals surface area (Å²) in [6, 6.07) is 6.50. The van der Waals surface area contributed by atoms with E-state index in [-0.39, 0.29) is 5.25 Å². The van der Waals surface area contributed by atoms with Crippen LogP contribution in [-0.4, -0.2) is 53.7 Å². The van der Waals surface area contributed by atoms with Gasteiger partial charge in [0.25, 0.3) is 0 Å². The lowest BCUT2D eigenvalue weighted by Gasteiger charge is -2.37. The van der Waals surface area contributed by atoms with Crippen molar-refractivity contribution in [3.63, 3.8) is 0 Å². The molecule has 2 rings (SSSR count). The normalized spacial score (nSPS) is 21.5. The molecule has 0 saturated carbocycles. The van der Waals surface area contributed by atoms with Crippen molar-refractivity contribution in [3.05, 3.63) is 46.5 Å². The fourth-order valence-corrected chi connectivity index (χ4v) is 3.98. The van der Waals surface area contributed by atoms with Gasteiger partial charge >= 0.3 is 11.9 Å². The highest BCUT2D eigenvalue weighted by atomic mass is 35.5. The molecule has 1 aromatic carbocycles. The van der Waals surface area contributed by atoms with E-state index in [1.807, 2.05) is 17.2 Å². The molecule has 130 valence electrons. The zero-order valence-electron chi connectivity index (χ0n) is 13.6. The number of halogens is 1. The third kappa shape index (κ3) is 4.32. The Morgan fingerprint density at radius 3 is 2.75 bits per heavy atom. The van der Waals surface area contributed by atoms with Crippen molar-refractivity contribution in [1.82, 2.24) is 4.90 Å². The van der Waals surface area contributed by atoms with Crippen LogP contribution in [0.2, 0.25) is 5.02 Å². The van der Waals surface area contributed by atoms with Gasteiger partial charge in [-0.25, -0.2) is 9.59 Å². The molecule has 0 bridgehead atoms. The molecule has 0 aliphatic carbocycles. The Bertz CT molecular complexity index is 649. The summed E-state index contributed by atoms with van der Waals surface area (Å²) in [5.74, 6) is -1.38. The molecular formula is C17H20ClNO4S. The van der Waals surface area contributed by atoms with E-state index >= 15 is 0 Å². The van der Waals surface area contributed by atoms with E-state index in [4.69, 9.17) is 21.4 Å². The fraction of sp³-hybridized carbons (Fsp3) is 0.412. The number of hydrogen-bond donors (Lipinski definition) is 1. The SMILES string of the molecule is COC(=O)[C@H](c1ccccc1Cl)N1CCC(SC)/C(=C\C(=O)O)C1. The fourth-order valence-electron chi connectivity index (χ4n) is 2.95. The zero-order chi connectivity index (χ0) is 17.7. The number of ether oxygens (including phenoxy) is 1. The van der Waals surface area contributed by atoms with Crippen LogP contribution in [0.5, 0.6) is 0 Å². The number of hydrogen-bond acceptors (Lipinski definition) is 5. The Labute approximate surface area is 150 Å². The molecule has 5 nitrogen and oxygen atoms in total. The van der Waals surface area contributed by atoms with Crippen molar-refractivity contribution in [2.24, 2.45) is 0 Å². The smallest absolute Gasteiger partial charge is 0.328 e. The van der Waals surface area contributed by atoms with Gasteiger partial charge in [0.15, 0.2) is 0 Å². The number of aliphatic carboxylic acids is 1. The number of rotatable bonds is 5. The summed E-state index contributed by atoms with van der Waals surface area (Å²) in [7, 11) is 1.34. The Balaban J connectivity index is 2.36. The highest BCUT2D eigenvalue weighted by molar-refractivity contribution is 7.99. The van der Waals surface area contributed by atoms with Gasteiger partial charge in [-0.15, -0.1) is 0 Å². The Hall–Kier alpha value is -1.50. The van der Waals surface area contributed by atoms with Gasteiger partial charge in [-0.05, 0) is 29.9 Å². The van der Waals surface area contributed by atoms with Gasteiger partial charge in [-0.2, -0.15) is 11.8 Å². The van der Waals surface area contributed by atoms with E-state index < -0.39 is 18.0 Å². The van der Waals surface area contributed by atoms with Crippen molar-refractivity contribution < 1.29 is 19.4 Å². The number of carboxylic acid groups (broad SMARTS) is 1. The summed E-state index contributed by atoms with van der Waals surface area (Å²) in [5, 5.41) is 9.73. The van der Waals surface area contributed by atoms with Crippen molar-refractivity contribution >= 4 is 35.3 Å². The minimum Gasteiger partial charge on any atom is -0.478 e. The lowest BCUT2D eigenvalue weighted by atomic mass is 9.98. The molecule has 0 amide bonds. The number of carbonyl (C=O) groups is 2. The quantitative estimate of drug-likeness (QED) is 0.635. The van der Waals surface area contributed by atoms with E-state index in [0.717, 1.165) is 12.0 Å². The minimum atomic E-state index is -0.974. The van der Waals surface area contributed by atoms with Gasteiger partial charge in [-0.1, -0.05) is 29.8 Å². The topological polar surface area (TPSA) is 66.8 Å². The second kappa shape index (κ2) is 8.55. The van der Waals surface area contributed by atoms with Gasteiger partial charge in [-0.3, -0.25) is 4.90 Å². The molecule has 1 aliphatic rings. The molecule has 1 fully saturated rings. The van der Waals surface area contributed by atoms with E-state index in [2.05, 4.69) is 0 Å². The summed E-state index contributed by atoms with van der Waals surface area (Å²) in [5.41, 5.74) is 1.46. The lowest BCUT2D eigenvalue weighted by molar-refractivity contribution is -0.147. The van der Waals surface area contributed by atoms with Gasteiger partial charge in [0.1, 0.15) is 6.04 Å². The number of piperidine rings is 1. The molecule has 2 atom stereocenters. The maximum Gasteiger partial charge on any atom is 0.328 e. The number of likely N-dealkylation sites (tertiary alicyclic amines) is 1. The second-order valence-corrected chi connectivity index (χ2v) is 6.94. The van der Waals surface area contributed by atoms with Crippen LogP contribution in [0.3, 0.4) is 0 Å². The number of methoxy groups -OCH3 is 1. The van der Waals surface area contributed by atoms with E-state index in [1.165, 1.54) is 13.2 Å². The van der Waals surface area contributed by atoms with Crippen LogP contribution in [0.1, 0.15) is 18.0 Å². The molecule has 7 heteroatoms. The van der Waals surface area contributed by atoms with E-state index in [1.54, 1.807) is 30.0 Å². The largest absolute Gasteiger partial charge is 0.478 e. The third-order valence-corrected chi connectivity index (χ3v) is 5.51. The predicted octanol–water partition coefficient (Wildman–Crippen LogP) is 3.00. The van der Waals surface area contributed by atoms with Crippen molar-refractivity contribution in [1.29, 1.82) is 0 Å². The van der Waals surface area contributed by atoms with Crippen molar-refractivity contribution in [2.75, 3.05) is 26.5 Å². The summed E-state index contributed by atoms with van der Waals surface area (Å²) in [6.07, 6.45) is 3.97. The first-order valence-electron chi connectivity index (χ1n) is 7.50. The first kappa shape index (κ1) is 18.8. The van der Waals surface area contributed by atoms with E-state index in [9.17, 15) is 9.59 Å². The van der Waals surface area contributed by atoms with Crippen LogP contribution in [0.15, 0.2) is 35.9 Å². The van der Waals surface area contributed by atoms with Crippen LogP contribution >= 0.6 is 23.4 Å².